The van der Waals surface area contributed by atoms with Crippen LogP contribution in [0.15, 0.2) is 53.7 Å². The largest absolute Gasteiger partial charge is 0.354 e. The van der Waals surface area contributed by atoms with E-state index in [0.717, 1.165) is 32.1 Å². The maximum atomic E-state index is 12.9. The third kappa shape index (κ3) is 5.22. The van der Waals surface area contributed by atoms with E-state index < -0.39 is 15.9 Å². The highest BCUT2D eigenvalue weighted by Gasteiger charge is 2.27. The van der Waals surface area contributed by atoms with E-state index in [0.29, 0.717) is 23.9 Å². The van der Waals surface area contributed by atoms with Gasteiger partial charge in [0.05, 0.1) is 10.8 Å². The number of hydrogen-bond acceptors (Lipinski definition) is 8. The van der Waals surface area contributed by atoms with Gasteiger partial charge in [-0.05, 0) is 56.2 Å². The summed E-state index contributed by atoms with van der Waals surface area (Å²) in [5, 5.41) is 11.5. The van der Waals surface area contributed by atoms with E-state index >= 15 is 0 Å². The Morgan fingerprint density at radius 2 is 1.76 bits per heavy atom. The molecule has 2 N–H and O–H groups in total. The molecule has 1 aliphatic rings. The molecule has 11 nitrogen and oxygen atoms in total. The first kappa shape index (κ1) is 23.4. The highest BCUT2D eigenvalue weighted by Crippen LogP contribution is 2.23. The third-order valence-electron chi connectivity index (χ3n) is 5.54. The van der Waals surface area contributed by atoms with E-state index in [1.165, 1.54) is 24.3 Å². The van der Waals surface area contributed by atoms with Crippen LogP contribution in [-0.2, 0) is 19.6 Å². The van der Waals surface area contributed by atoms with Gasteiger partial charge in [0.15, 0.2) is 11.6 Å². The van der Waals surface area contributed by atoms with Crippen LogP contribution >= 0.6 is 0 Å². The normalized spacial score (nSPS) is 16.2. The van der Waals surface area contributed by atoms with Crippen LogP contribution in [0.2, 0.25) is 0 Å². The van der Waals surface area contributed by atoms with Crippen molar-refractivity contribution in [1.29, 1.82) is 0 Å². The van der Waals surface area contributed by atoms with Crippen molar-refractivity contribution < 1.29 is 18.0 Å². The maximum Gasteiger partial charge on any atom is 0.264 e. The van der Waals surface area contributed by atoms with Crippen molar-refractivity contribution in [1.82, 2.24) is 24.5 Å². The van der Waals surface area contributed by atoms with Crippen LogP contribution in [0.3, 0.4) is 0 Å². The van der Waals surface area contributed by atoms with Crippen LogP contribution in [-0.4, -0.2) is 53.1 Å². The Balaban J connectivity index is 1.39. The summed E-state index contributed by atoms with van der Waals surface area (Å²) >= 11 is 0. The molecule has 0 spiro atoms. The minimum Gasteiger partial charge on any atom is -0.354 e. The highest BCUT2D eigenvalue weighted by molar-refractivity contribution is 7.90. The summed E-state index contributed by atoms with van der Waals surface area (Å²) in [7, 11) is -3.92. The molecular weight excluding hydrogens is 458 g/mol. The molecule has 2 amide bonds. The van der Waals surface area contributed by atoms with E-state index in [-0.39, 0.29) is 16.7 Å². The van der Waals surface area contributed by atoms with Gasteiger partial charge in [0.25, 0.3) is 10.0 Å². The number of carbonyl (C=O) groups excluding carboxylic acids is 2. The van der Waals surface area contributed by atoms with Crippen LogP contribution in [0, 0.1) is 12.8 Å². The number of benzene rings is 1. The molecule has 4 rings (SSSR count). The van der Waals surface area contributed by atoms with Crippen molar-refractivity contribution >= 4 is 33.3 Å². The zero-order chi connectivity index (χ0) is 24.3. The fourth-order valence-corrected chi connectivity index (χ4v) is 4.84. The fraction of sp³-hybridized carbons (Fsp3) is 0.318. The summed E-state index contributed by atoms with van der Waals surface area (Å²) in [6.45, 7) is 4.29. The molecule has 12 heteroatoms. The van der Waals surface area contributed by atoms with Gasteiger partial charge in [0, 0.05) is 38.1 Å². The lowest BCUT2D eigenvalue weighted by atomic mass is 9.97. The molecular formula is C22H25N7O4S. The second-order valence-corrected chi connectivity index (χ2v) is 9.74. The first-order chi connectivity index (χ1) is 16.2. The minimum atomic E-state index is -3.92. The summed E-state index contributed by atoms with van der Waals surface area (Å²) in [6, 6.07) is 9.43. The Bertz CT molecular complexity index is 1290. The maximum absolute atomic E-state index is 12.9. The molecule has 0 bridgehead atoms. The smallest absolute Gasteiger partial charge is 0.264 e. The number of sulfonamides is 1. The number of anilines is 2. The van der Waals surface area contributed by atoms with Crippen LogP contribution < -0.4 is 14.9 Å². The number of piperidine rings is 1. The van der Waals surface area contributed by atoms with Gasteiger partial charge < -0.3 is 10.2 Å². The number of carbonyl (C=O) groups is 2. The monoisotopic (exact) mass is 483 g/mol. The zero-order valence-electron chi connectivity index (χ0n) is 18.8. The average Bonchev–Trinajstić information content (AvgIpc) is 3.24. The number of imidazole rings is 1. The predicted molar refractivity (Wildman–Crippen MR) is 125 cm³/mol. The van der Waals surface area contributed by atoms with Crippen LogP contribution in [0.5, 0.6) is 0 Å². The lowest BCUT2D eigenvalue weighted by molar-refractivity contribution is -0.120. The Hall–Kier alpha value is -3.80. The SMILES string of the molecule is CC(=O)NS(=O)(=O)c1ccc(NC(=O)C2CCCN(c3ccc(-n4ccnc4C)nn3)C2)cc1. The van der Waals surface area contributed by atoms with Crippen LogP contribution in [0.1, 0.15) is 25.6 Å². The van der Waals surface area contributed by atoms with Gasteiger partial charge >= 0.3 is 0 Å². The van der Waals surface area contributed by atoms with Gasteiger partial charge in [0.1, 0.15) is 5.82 Å². The van der Waals surface area contributed by atoms with Gasteiger partial charge in [-0.2, -0.15) is 0 Å². The molecule has 1 saturated heterocycles. The first-order valence-electron chi connectivity index (χ1n) is 10.8. The number of amides is 2. The van der Waals surface area contributed by atoms with E-state index in [9.17, 15) is 18.0 Å². The van der Waals surface area contributed by atoms with Crippen LogP contribution in [0.4, 0.5) is 11.5 Å². The topological polar surface area (TPSA) is 139 Å². The Labute approximate surface area is 197 Å². The van der Waals surface area contributed by atoms with Crippen molar-refractivity contribution in [2.75, 3.05) is 23.3 Å². The van der Waals surface area contributed by atoms with E-state index in [2.05, 4.69) is 20.5 Å². The van der Waals surface area contributed by atoms with Crippen molar-refractivity contribution in [2.45, 2.75) is 31.6 Å². The molecule has 34 heavy (non-hydrogen) atoms. The zero-order valence-corrected chi connectivity index (χ0v) is 19.6. The molecule has 1 aromatic carbocycles. The van der Waals surface area contributed by atoms with Crippen molar-refractivity contribution in [3.05, 3.63) is 54.6 Å². The molecule has 2 aromatic heterocycles. The van der Waals surface area contributed by atoms with Crippen LogP contribution in [0.25, 0.3) is 5.82 Å². The van der Waals surface area contributed by atoms with Gasteiger partial charge in [-0.3, -0.25) is 14.2 Å². The highest BCUT2D eigenvalue weighted by atomic mass is 32.2. The predicted octanol–water partition coefficient (Wildman–Crippen LogP) is 1.65. The van der Waals surface area contributed by atoms with E-state index in [1.807, 2.05) is 39.4 Å². The first-order valence-corrected chi connectivity index (χ1v) is 12.2. The van der Waals surface area contributed by atoms with E-state index in [4.69, 9.17) is 0 Å². The van der Waals surface area contributed by atoms with Crippen molar-refractivity contribution in [3.8, 4) is 5.82 Å². The molecule has 0 aliphatic carbocycles. The molecule has 1 atom stereocenters. The number of rotatable bonds is 6. The molecule has 1 aliphatic heterocycles. The second kappa shape index (κ2) is 9.59. The molecule has 3 heterocycles. The molecule has 1 unspecified atom stereocenters. The second-order valence-electron chi connectivity index (χ2n) is 8.05. The third-order valence-corrected chi connectivity index (χ3v) is 6.98. The van der Waals surface area contributed by atoms with Gasteiger partial charge in [-0.1, -0.05) is 0 Å². The van der Waals surface area contributed by atoms with Gasteiger partial charge in [-0.15, -0.1) is 10.2 Å². The molecule has 1 fully saturated rings. The lowest BCUT2D eigenvalue weighted by Crippen LogP contribution is -2.41. The Morgan fingerprint density at radius 1 is 1.06 bits per heavy atom. The summed E-state index contributed by atoms with van der Waals surface area (Å²) in [5.41, 5.74) is 0.476. The average molecular weight is 484 g/mol. The Morgan fingerprint density at radius 3 is 2.38 bits per heavy atom. The molecule has 0 radical (unpaired) electrons. The quantitative estimate of drug-likeness (QED) is 0.540. The summed E-state index contributed by atoms with van der Waals surface area (Å²) in [4.78, 5) is 30.1. The fourth-order valence-electron chi connectivity index (χ4n) is 3.84. The van der Waals surface area contributed by atoms with Crippen molar-refractivity contribution in [2.24, 2.45) is 5.92 Å². The summed E-state index contributed by atoms with van der Waals surface area (Å²) in [6.07, 6.45) is 5.09. The number of nitrogens with one attached hydrogen (secondary N) is 2. The Kier molecular flexibility index (Phi) is 6.59. The summed E-state index contributed by atoms with van der Waals surface area (Å²) in [5.74, 6) is 1.11. The number of aryl methyl sites for hydroxylation is 1. The molecule has 3 aromatic rings. The number of aromatic nitrogens is 4. The lowest BCUT2D eigenvalue weighted by Gasteiger charge is -2.32. The standard InChI is InChI=1S/C22H25N7O4S/c1-15-23-11-13-29(15)21-10-9-20(25-26-21)28-12-3-4-17(14-28)22(31)24-18-5-7-19(8-6-18)34(32,33)27-16(2)30/h5-11,13,17H,3-4,12,14H2,1-2H3,(H,24,31)(H,27,30). The van der Waals surface area contributed by atoms with E-state index in [1.54, 1.807) is 6.20 Å². The van der Waals surface area contributed by atoms with Gasteiger partial charge in [0.2, 0.25) is 11.8 Å². The summed E-state index contributed by atoms with van der Waals surface area (Å²) < 4.78 is 27.9. The van der Waals surface area contributed by atoms with Crippen molar-refractivity contribution in [3.63, 3.8) is 0 Å². The molecule has 0 saturated carbocycles. The minimum absolute atomic E-state index is 0.0579. The van der Waals surface area contributed by atoms with Gasteiger partial charge in [-0.25, -0.2) is 18.1 Å². The number of nitrogens with zero attached hydrogens (tertiary/aromatic N) is 5. The molecule has 178 valence electrons. The number of hydrogen-bond donors (Lipinski definition) is 2.